The largest absolute Gasteiger partial charge is 0.297 e. The first-order valence-electron chi connectivity index (χ1n) is 4.01. The molecule has 2 nitrogen and oxygen atoms in total. The summed E-state index contributed by atoms with van der Waals surface area (Å²) >= 11 is 4.18. The molecule has 1 aromatic rings. The van der Waals surface area contributed by atoms with E-state index in [1.54, 1.807) is 0 Å². The highest BCUT2D eigenvalue weighted by atomic mass is 32.1. The molecule has 1 rings (SSSR count). The molecule has 12 heavy (non-hydrogen) atoms. The summed E-state index contributed by atoms with van der Waals surface area (Å²) in [7, 11) is 2.06. The first-order chi connectivity index (χ1) is 5.83. The van der Waals surface area contributed by atoms with Gasteiger partial charge in [-0.05, 0) is 31.2 Å². The Morgan fingerprint density at radius 3 is 2.67 bits per heavy atom. The Kier molecular flexibility index (Phi) is 4.11. The third-order valence-corrected chi connectivity index (χ3v) is 2.26. The number of thiol groups is 1. The van der Waals surface area contributed by atoms with E-state index in [9.17, 15) is 0 Å². The van der Waals surface area contributed by atoms with Crippen molar-refractivity contribution in [3.05, 3.63) is 30.1 Å². The van der Waals surface area contributed by atoms with Gasteiger partial charge in [0.15, 0.2) is 0 Å². The second-order valence-electron chi connectivity index (χ2n) is 2.83. The van der Waals surface area contributed by atoms with E-state index < -0.39 is 0 Å². The molecule has 0 aliphatic rings. The first kappa shape index (κ1) is 9.55. The lowest BCUT2D eigenvalue weighted by molar-refractivity contribution is 0.399. The number of aromatic nitrogens is 1. The number of nitrogens with zero attached hydrogens (tertiary/aromatic N) is 2. The van der Waals surface area contributed by atoms with Crippen LogP contribution in [0.3, 0.4) is 0 Å². The van der Waals surface area contributed by atoms with Gasteiger partial charge in [-0.2, -0.15) is 12.6 Å². The van der Waals surface area contributed by atoms with Gasteiger partial charge in [-0.15, -0.1) is 0 Å². The summed E-state index contributed by atoms with van der Waals surface area (Å²) in [5, 5.41) is 0. The molecule has 0 aliphatic heterocycles. The zero-order valence-electron chi connectivity index (χ0n) is 7.27. The fourth-order valence-electron chi connectivity index (χ4n) is 0.940. The molecule has 66 valence electrons. The van der Waals surface area contributed by atoms with Crippen LogP contribution in [0.4, 0.5) is 0 Å². The second kappa shape index (κ2) is 5.17. The Morgan fingerprint density at radius 1 is 1.42 bits per heavy atom. The number of rotatable bonds is 4. The minimum absolute atomic E-state index is 0.811. The minimum atomic E-state index is 0.811. The normalized spacial score (nSPS) is 10.6. The maximum Gasteiger partial charge on any atom is 0.0411 e. The van der Waals surface area contributed by atoms with E-state index in [-0.39, 0.29) is 0 Å². The topological polar surface area (TPSA) is 16.1 Å². The predicted molar refractivity (Wildman–Crippen MR) is 54.4 cm³/mol. The molecule has 0 spiro atoms. The van der Waals surface area contributed by atoms with Crippen LogP contribution >= 0.6 is 12.6 Å². The molecule has 0 aliphatic carbocycles. The Morgan fingerprint density at radius 2 is 2.08 bits per heavy atom. The van der Waals surface area contributed by atoms with Crippen molar-refractivity contribution in [3.8, 4) is 0 Å². The van der Waals surface area contributed by atoms with E-state index in [0.29, 0.717) is 0 Å². The highest BCUT2D eigenvalue weighted by molar-refractivity contribution is 7.80. The van der Waals surface area contributed by atoms with Crippen LogP contribution in [0, 0.1) is 0 Å². The smallest absolute Gasteiger partial charge is 0.0411 e. The van der Waals surface area contributed by atoms with E-state index in [4.69, 9.17) is 0 Å². The quantitative estimate of drug-likeness (QED) is 0.560. The Bertz CT molecular complexity index is 213. The van der Waals surface area contributed by atoms with E-state index in [1.807, 2.05) is 24.5 Å². The average Bonchev–Trinajstić information content (AvgIpc) is 2.16. The van der Waals surface area contributed by atoms with Crippen molar-refractivity contribution in [1.29, 1.82) is 0 Å². The van der Waals surface area contributed by atoms with Gasteiger partial charge in [-0.25, -0.2) is 0 Å². The summed E-state index contributed by atoms with van der Waals surface area (Å²) in [6, 6.07) is 4.10. The minimum Gasteiger partial charge on any atom is -0.297 e. The number of likely N-dealkylation sites (N-methyl/N-ethyl adjacent to an activating group) is 1. The highest BCUT2D eigenvalue weighted by Gasteiger charge is 1.95. The van der Waals surface area contributed by atoms with Crippen LogP contribution in [0.2, 0.25) is 0 Å². The molecule has 0 unspecified atom stereocenters. The van der Waals surface area contributed by atoms with Gasteiger partial charge in [0.25, 0.3) is 0 Å². The zero-order valence-corrected chi connectivity index (χ0v) is 8.17. The Balaban J connectivity index is 2.33. The number of pyridine rings is 1. The van der Waals surface area contributed by atoms with Crippen LogP contribution in [0.5, 0.6) is 0 Å². The van der Waals surface area contributed by atoms with Crippen molar-refractivity contribution in [2.24, 2.45) is 0 Å². The first-order valence-corrected chi connectivity index (χ1v) is 4.64. The van der Waals surface area contributed by atoms with Crippen LogP contribution in [0.1, 0.15) is 5.56 Å². The van der Waals surface area contributed by atoms with Crippen molar-refractivity contribution < 1.29 is 0 Å². The van der Waals surface area contributed by atoms with Crippen LogP contribution in [0.15, 0.2) is 24.5 Å². The van der Waals surface area contributed by atoms with Gasteiger partial charge in [0.1, 0.15) is 0 Å². The Labute approximate surface area is 79.0 Å². The van der Waals surface area contributed by atoms with Crippen molar-refractivity contribution in [2.75, 3.05) is 19.5 Å². The summed E-state index contributed by atoms with van der Waals surface area (Å²) < 4.78 is 0. The van der Waals surface area contributed by atoms with Crippen molar-refractivity contribution in [1.82, 2.24) is 9.88 Å². The van der Waals surface area contributed by atoms with Gasteiger partial charge in [0.05, 0.1) is 0 Å². The van der Waals surface area contributed by atoms with Crippen molar-refractivity contribution >= 4 is 12.6 Å². The molecule has 0 radical (unpaired) electrons. The van der Waals surface area contributed by atoms with E-state index in [1.165, 1.54) is 5.56 Å². The maximum atomic E-state index is 4.18. The fraction of sp³-hybridized carbons (Fsp3) is 0.444. The van der Waals surface area contributed by atoms with Crippen molar-refractivity contribution in [2.45, 2.75) is 6.42 Å². The summed E-state index contributed by atoms with van der Waals surface area (Å²) in [4.78, 5) is 6.13. The van der Waals surface area contributed by atoms with Crippen molar-refractivity contribution in [3.63, 3.8) is 0 Å². The molecule has 0 saturated heterocycles. The van der Waals surface area contributed by atoms with Crippen LogP contribution in [-0.2, 0) is 6.42 Å². The number of hydrogen-bond acceptors (Lipinski definition) is 3. The summed E-state index contributed by atoms with van der Waals surface area (Å²) in [5.74, 6) is 0.811. The summed E-state index contributed by atoms with van der Waals surface area (Å²) in [5.41, 5.74) is 1.33. The molecule has 0 bridgehead atoms. The van der Waals surface area contributed by atoms with E-state index in [2.05, 4.69) is 29.6 Å². The van der Waals surface area contributed by atoms with Gasteiger partial charge in [0, 0.05) is 24.8 Å². The zero-order chi connectivity index (χ0) is 8.81. The van der Waals surface area contributed by atoms with Crippen LogP contribution in [0.25, 0.3) is 0 Å². The summed E-state index contributed by atoms with van der Waals surface area (Å²) in [6.07, 6.45) is 4.73. The second-order valence-corrected chi connectivity index (χ2v) is 3.11. The molecule has 1 heterocycles. The molecule has 0 saturated carbocycles. The van der Waals surface area contributed by atoms with Gasteiger partial charge in [0.2, 0.25) is 0 Å². The fourth-order valence-corrected chi connectivity index (χ4v) is 1.08. The van der Waals surface area contributed by atoms with Crippen LogP contribution < -0.4 is 0 Å². The van der Waals surface area contributed by atoms with Crippen LogP contribution in [-0.4, -0.2) is 29.4 Å². The van der Waals surface area contributed by atoms with Gasteiger partial charge < -0.3 is 0 Å². The number of hydrogen-bond donors (Lipinski definition) is 1. The molecular weight excluding hydrogens is 168 g/mol. The molecular formula is C9H14N2S. The molecule has 0 aromatic carbocycles. The lowest BCUT2D eigenvalue weighted by atomic mass is 10.2. The molecule has 0 atom stereocenters. The molecule has 0 N–H and O–H groups in total. The molecule has 3 heteroatoms. The van der Waals surface area contributed by atoms with Gasteiger partial charge >= 0.3 is 0 Å². The highest BCUT2D eigenvalue weighted by Crippen LogP contribution is 1.98. The Hall–Kier alpha value is -0.540. The molecule has 0 fully saturated rings. The third kappa shape index (κ3) is 3.24. The SMILES string of the molecule is CN(CS)CCc1ccncc1. The predicted octanol–water partition coefficient (Wildman–Crippen LogP) is 1.44. The lowest BCUT2D eigenvalue weighted by Gasteiger charge is -2.12. The summed E-state index contributed by atoms with van der Waals surface area (Å²) in [6.45, 7) is 1.05. The molecule has 0 amide bonds. The maximum absolute atomic E-state index is 4.18. The monoisotopic (exact) mass is 182 g/mol. The lowest BCUT2D eigenvalue weighted by Crippen LogP contribution is -2.19. The molecule has 1 aromatic heterocycles. The van der Waals surface area contributed by atoms with Gasteiger partial charge in [-0.1, -0.05) is 0 Å². The van der Waals surface area contributed by atoms with E-state index in [0.717, 1.165) is 18.8 Å². The van der Waals surface area contributed by atoms with Gasteiger partial charge in [-0.3, -0.25) is 9.88 Å². The van der Waals surface area contributed by atoms with E-state index >= 15 is 0 Å². The third-order valence-electron chi connectivity index (χ3n) is 1.77. The standard InChI is InChI=1S/C9H14N2S/c1-11(8-12)7-4-9-2-5-10-6-3-9/h2-3,5-6,12H,4,7-8H2,1H3. The average molecular weight is 182 g/mol.